The van der Waals surface area contributed by atoms with Crippen molar-refractivity contribution in [2.45, 2.75) is 25.7 Å². The van der Waals surface area contributed by atoms with Crippen molar-refractivity contribution in [2.24, 2.45) is 0 Å². The topological polar surface area (TPSA) is 4.93 Å². The number of nitrogens with zero attached hydrogens (tertiary/aromatic N) is 1. The van der Waals surface area contributed by atoms with Crippen LogP contribution < -0.4 is 0 Å². The highest BCUT2D eigenvalue weighted by Crippen LogP contribution is 2.47. The number of thiophene rings is 1. The molecule has 0 N–H and O–H groups in total. The van der Waals surface area contributed by atoms with E-state index in [-0.39, 0.29) is 0 Å². The van der Waals surface area contributed by atoms with Crippen LogP contribution in [-0.2, 0) is 19.3 Å². The zero-order valence-corrected chi connectivity index (χ0v) is 25.1. The first kappa shape index (κ1) is 24.5. The summed E-state index contributed by atoms with van der Waals surface area (Å²) in [6.45, 7) is 0. The summed E-state index contributed by atoms with van der Waals surface area (Å²) >= 11 is 1.94. The summed E-state index contributed by atoms with van der Waals surface area (Å²) in [7, 11) is 0. The van der Waals surface area contributed by atoms with Gasteiger partial charge in [-0.3, -0.25) is 0 Å². The van der Waals surface area contributed by atoms with E-state index >= 15 is 0 Å². The number of hydrogen-bond acceptors (Lipinski definition) is 1. The lowest BCUT2D eigenvalue weighted by atomic mass is 9.83. The summed E-state index contributed by atoms with van der Waals surface area (Å²) in [6, 6.07) is 43.4. The highest BCUT2D eigenvalue weighted by Gasteiger charge is 2.23. The van der Waals surface area contributed by atoms with Crippen molar-refractivity contribution >= 4 is 59.3 Å². The van der Waals surface area contributed by atoms with Crippen LogP contribution in [0.4, 0.5) is 0 Å². The summed E-state index contributed by atoms with van der Waals surface area (Å²) in [4.78, 5) is 0. The molecule has 0 spiro atoms. The highest BCUT2D eigenvalue weighted by molar-refractivity contribution is 7.26. The van der Waals surface area contributed by atoms with Crippen LogP contribution in [0.3, 0.4) is 0 Å². The van der Waals surface area contributed by atoms with E-state index in [1.807, 2.05) is 11.3 Å². The lowest BCUT2D eigenvalue weighted by molar-refractivity contribution is 0.890. The molecule has 2 aliphatic carbocycles. The fourth-order valence-corrected chi connectivity index (χ4v) is 9.23. The predicted octanol–water partition coefficient (Wildman–Crippen LogP) is 11.5. The summed E-state index contributed by atoms with van der Waals surface area (Å²) in [5.74, 6) is 0. The SMILES string of the molecule is C1=Cc2c(n(-c3ccc(-c4cccc5c4sc4ccc6c(c45)-c4ccccc4CC6)cc3)c3c2ccc2ccccc23)CC1. The Morgan fingerprint density at radius 3 is 2.36 bits per heavy atom. The molecule has 2 aromatic heterocycles. The number of allylic oxidation sites excluding steroid dienone is 1. The largest absolute Gasteiger partial charge is 0.312 e. The molecule has 0 bridgehead atoms. The molecule has 0 unspecified atom stereocenters. The maximum atomic E-state index is 2.53. The molecule has 208 valence electrons. The highest BCUT2D eigenvalue weighted by atomic mass is 32.1. The van der Waals surface area contributed by atoms with Crippen LogP contribution in [0.1, 0.15) is 28.8 Å². The van der Waals surface area contributed by atoms with Crippen molar-refractivity contribution in [3.05, 3.63) is 144 Å². The number of rotatable bonds is 2. The Morgan fingerprint density at radius 1 is 0.591 bits per heavy atom. The molecule has 10 rings (SSSR count). The fraction of sp³-hybridized carbons (Fsp3) is 0.0952. The van der Waals surface area contributed by atoms with Crippen LogP contribution in [0.5, 0.6) is 0 Å². The van der Waals surface area contributed by atoms with Gasteiger partial charge in [-0.05, 0) is 82.6 Å². The Bertz CT molecular complexity index is 2490. The molecule has 0 atom stereocenters. The Morgan fingerprint density at radius 2 is 1.41 bits per heavy atom. The van der Waals surface area contributed by atoms with Crippen molar-refractivity contribution in [2.75, 3.05) is 0 Å². The van der Waals surface area contributed by atoms with Gasteiger partial charge in [0.1, 0.15) is 0 Å². The van der Waals surface area contributed by atoms with E-state index in [0.29, 0.717) is 0 Å². The average Bonchev–Trinajstić information content (AvgIpc) is 3.64. The molecule has 0 aliphatic heterocycles. The minimum absolute atomic E-state index is 1.06. The van der Waals surface area contributed by atoms with Crippen LogP contribution in [0.2, 0.25) is 0 Å². The Balaban J connectivity index is 1.16. The third-order valence-corrected chi connectivity index (χ3v) is 11.2. The number of hydrogen-bond donors (Lipinski definition) is 0. The second-order valence-corrected chi connectivity index (χ2v) is 13.3. The second-order valence-electron chi connectivity index (χ2n) is 12.3. The lowest BCUT2D eigenvalue weighted by Gasteiger charge is -2.21. The number of fused-ring (bicyclic) bond motifs is 12. The van der Waals surface area contributed by atoms with Crippen LogP contribution in [0.15, 0.2) is 121 Å². The minimum atomic E-state index is 1.06. The summed E-state index contributed by atoms with van der Waals surface area (Å²) in [6.07, 6.45) is 9.04. The average molecular weight is 580 g/mol. The Labute approximate surface area is 260 Å². The second kappa shape index (κ2) is 9.29. The van der Waals surface area contributed by atoms with Gasteiger partial charge in [0.05, 0.1) is 5.52 Å². The van der Waals surface area contributed by atoms with Gasteiger partial charge >= 0.3 is 0 Å². The molecule has 0 saturated heterocycles. The monoisotopic (exact) mass is 579 g/mol. The molecule has 8 aromatic rings. The van der Waals surface area contributed by atoms with Crippen molar-refractivity contribution in [3.63, 3.8) is 0 Å². The van der Waals surface area contributed by atoms with Crippen molar-refractivity contribution in [3.8, 4) is 27.9 Å². The van der Waals surface area contributed by atoms with E-state index in [1.54, 1.807) is 0 Å². The van der Waals surface area contributed by atoms with Gasteiger partial charge in [-0.2, -0.15) is 0 Å². The fourth-order valence-electron chi connectivity index (χ4n) is 7.98. The normalized spacial score (nSPS) is 13.9. The van der Waals surface area contributed by atoms with E-state index in [2.05, 4.69) is 132 Å². The van der Waals surface area contributed by atoms with E-state index in [4.69, 9.17) is 0 Å². The van der Waals surface area contributed by atoms with Crippen molar-refractivity contribution in [1.29, 1.82) is 0 Å². The zero-order chi connectivity index (χ0) is 28.8. The Kier molecular flexibility index (Phi) is 5.17. The van der Waals surface area contributed by atoms with Crippen LogP contribution in [0, 0.1) is 0 Å². The van der Waals surface area contributed by atoms with Gasteiger partial charge in [0.2, 0.25) is 0 Å². The third kappa shape index (κ3) is 3.40. The van der Waals surface area contributed by atoms with Gasteiger partial charge < -0.3 is 4.57 Å². The summed E-state index contributed by atoms with van der Waals surface area (Å²) in [5.41, 5.74) is 13.8. The number of benzene rings is 6. The first-order valence-electron chi connectivity index (χ1n) is 15.7. The molecule has 2 aliphatic rings. The predicted molar refractivity (Wildman–Crippen MR) is 189 cm³/mol. The first-order chi connectivity index (χ1) is 21.8. The van der Waals surface area contributed by atoms with Gasteiger partial charge in [-0.25, -0.2) is 0 Å². The number of aryl methyl sites for hydroxylation is 2. The lowest BCUT2D eigenvalue weighted by Crippen LogP contribution is -2.03. The van der Waals surface area contributed by atoms with Crippen LogP contribution >= 0.6 is 11.3 Å². The molecule has 0 saturated carbocycles. The summed E-state index contributed by atoms with van der Waals surface area (Å²) in [5, 5.41) is 6.76. The van der Waals surface area contributed by atoms with Crippen LogP contribution in [-0.4, -0.2) is 4.57 Å². The molecule has 0 radical (unpaired) electrons. The van der Waals surface area contributed by atoms with Gasteiger partial charge in [-0.1, -0.05) is 109 Å². The molecule has 1 nitrogen and oxygen atoms in total. The maximum absolute atomic E-state index is 2.53. The van der Waals surface area contributed by atoms with E-state index < -0.39 is 0 Å². The maximum Gasteiger partial charge on any atom is 0.0616 e. The third-order valence-electron chi connectivity index (χ3n) is 9.96. The molecule has 2 heterocycles. The van der Waals surface area contributed by atoms with Gasteiger partial charge in [0.15, 0.2) is 0 Å². The van der Waals surface area contributed by atoms with Gasteiger partial charge in [0.25, 0.3) is 0 Å². The van der Waals surface area contributed by atoms with Crippen molar-refractivity contribution < 1.29 is 0 Å². The molecular formula is C42H29NS. The quantitative estimate of drug-likeness (QED) is 0.192. The molecule has 2 heteroatoms. The van der Waals surface area contributed by atoms with Gasteiger partial charge in [0, 0.05) is 47.9 Å². The van der Waals surface area contributed by atoms with Gasteiger partial charge in [-0.15, -0.1) is 11.3 Å². The molecule has 6 aromatic carbocycles. The summed E-state index contributed by atoms with van der Waals surface area (Å²) < 4.78 is 5.29. The molecule has 0 fully saturated rings. The minimum Gasteiger partial charge on any atom is -0.312 e. The molecule has 44 heavy (non-hydrogen) atoms. The van der Waals surface area contributed by atoms with E-state index in [9.17, 15) is 0 Å². The standard InChI is InChI=1S/C42H29NS/c1-3-10-31-26(8-1)16-17-29-21-25-38-40(39(29)31)36-14-7-13-33(42(36)44-38)28-18-22-30(23-19-28)43-37-15-6-5-12-34(37)35-24-20-27-9-2-4-11-32(27)41(35)43/h1-5,7-14,18-25H,6,15-17H2. The van der Waals surface area contributed by atoms with E-state index in [0.717, 1.165) is 25.7 Å². The molecular weight excluding hydrogens is 551 g/mol. The van der Waals surface area contributed by atoms with Crippen LogP contribution in [0.25, 0.3) is 75.9 Å². The smallest absolute Gasteiger partial charge is 0.0616 e. The Hall–Kier alpha value is -4.92. The van der Waals surface area contributed by atoms with Crippen molar-refractivity contribution in [1.82, 2.24) is 4.57 Å². The van der Waals surface area contributed by atoms with E-state index in [1.165, 1.54) is 92.2 Å². The molecule has 0 amide bonds. The zero-order valence-electron chi connectivity index (χ0n) is 24.3. The number of aromatic nitrogens is 1. The first-order valence-corrected chi connectivity index (χ1v) is 16.5.